The summed E-state index contributed by atoms with van der Waals surface area (Å²) in [4.78, 5) is 4.21. The molecule has 1 saturated carbocycles. The zero-order valence-electron chi connectivity index (χ0n) is 9.57. The first kappa shape index (κ1) is 10.5. The lowest BCUT2D eigenvalue weighted by atomic mass is 9.79. The Morgan fingerprint density at radius 2 is 2.00 bits per heavy atom. The van der Waals surface area contributed by atoms with Gasteiger partial charge < -0.3 is 0 Å². The number of hydrogen-bond acceptors (Lipinski definition) is 1. The lowest BCUT2D eigenvalue weighted by molar-refractivity contribution is 0.420. The van der Waals surface area contributed by atoms with Crippen LogP contribution in [0.15, 0.2) is 42.6 Å². The van der Waals surface area contributed by atoms with Crippen LogP contribution in [0.3, 0.4) is 0 Å². The van der Waals surface area contributed by atoms with E-state index in [0.717, 1.165) is 5.56 Å². The quantitative estimate of drug-likeness (QED) is 0.750. The summed E-state index contributed by atoms with van der Waals surface area (Å²) in [5.41, 5.74) is 3.08. The predicted molar refractivity (Wildman–Crippen MR) is 66.2 cm³/mol. The Bertz CT molecular complexity index is 532. The van der Waals surface area contributed by atoms with Crippen molar-refractivity contribution in [1.29, 1.82) is 0 Å². The van der Waals surface area contributed by atoms with Crippen molar-refractivity contribution in [3.8, 4) is 11.3 Å². The van der Waals surface area contributed by atoms with Gasteiger partial charge in [0, 0.05) is 17.8 Å². The normalized spacial score (nSPS) is 15.6. The molecule has 0 saturated heterocycles. The molecule has 2 aromatic rings. The van der Waals surface area contributed by atoms with Gasteiger partial charge in [0.25, 0.3) is 0 Å². The minimum atomic E-state index is -0.232. The molecule has 1 aliphatic carbocycles. The van der Waals surface area contributed by atoms with Crippen molar-refractivity contribution < 1.29 is 4.39 Å². The molecule has 0 N–H and O–H groups in total. The molecule has 86 valence electrons. The zero-order chi connectivity index (χ0) is 11.7. The maximum absolute atomic E-state index is 13.1. The molecular formula is C15H14FN. The molecule has 17 heavy (non-hydrogen) atoms. The number of benzene rings is 1. The van der Waals surface area contributed by atoms with Gasteiger partial charge in [0.2, 0.25) is 0 Å². The van der Waals surface area contributed by atoms with E-state index in [1.807, 2.05) is 12.1 Å². The van der Waals surface area contributed by atoms with Crippen molar-refractivity contribution in [2.45, 2.75) is 25.2 Å². The molecule has 0 spiro atoms. The number of halogens is 1. The van der Waals surface area contributed by atoms with Crippen LogP contribution < -0.4 is 0 Å². The smallest absolute Gasteiger partial charge is 0.126 e. The van der Waals surface area contributed by atoms with Gasteiger partial charge in [0.1, 0.15) is 5.82 Å². The van der Waals surface area contributed by atoms with E-state index >= 15 is 0 Å². The molecule has 3 rings (SSSR count). The van der Waals surface area contributed by atoms with E-state index in [2.05, 4.69) is 17.1 Å². The monoisotopic (exact) mass is 227 g/mol. The van der Waals surface area contributed by atoms with Gasteiger partial charge in [-0.25, -0.2) is 4.39 Å². The van der Waals surface area contributed by atoms with Gasteiger partial charge in [-0.1, -0.05) is 24.6 Å². The second-order valence-corrected chi connectivity index (χ2v) is 4.61. The fourth-order valence-electron chi connectivity index (χ4n) is 2.26. The van der Waals surface area contributed by atoms with Gasteiger partial charge in [-0.15, -0.1) is 0 Å². The van der Waals surface area contributed by atoms with Crippen LogP contribution >= 0.6 is 0 Å². The van der Waals surface area contributed by atoms with Crippen LogP contribution in [0.25, 0.3) is 11.3 Å². The first-order chi connectivity index (χ1) is 8.33. The second-order valence-electron chi connectivity index (χ2n) is 4.61. The van der Waals surface area contributed by atoms with Crippen molar-refractivity contribution in [1.82, 2.24) is 4.98 Å². The van der Waals surface area contributed by atoms with Crippen molar-refractivity contribution >= 4 is 0 Å². The maximum atomic E-state index is 13.1. The van der Waals surface area contributed by atoms with E-state index in [0.29, 0.717) is 11.6 Å². The summed E-state index contributed by atoms with van der Waals surface area (Å²) in [6.45, 7) is 0. The Morgan fingerprint density at radius 3 is 2.71 bits per heavy atom. The molecule has 2 heteroatoms. The summed E-state index contributed by atoms with van der Waals surface area (Å²) in [6, 6.07) is 11.2. The Hall–Kier alpha value is -1.70. The van der Waals surface area contributed by atoms with Gasteiger partial charge in [0.15, 0.2) is 0 Å². The van der Waals surface area contributed by atoms with Gasteiger partial charge in [-0.3, -0.25) is 4.98 Å². The number of aromatic nitrogens is 1. The Labute approximate surface area is 100 Å². The minimum Gasteiger partial charge on any atom is -0.256 e. The minimum absolute atomic E-state index is 0.232. The van der Waals surface area contributed by atoms with E-state index in [-0.39, 0.29) is 5.82 Å². The number of rotatable bonds is 2. The fraction of sp³-hybridized carbons (Fsp3) is 0.267. The Kier molecular flexibility index (Phi) is 2.63. The number of pyridine rings is 1. The second kappa shape index (κ2) is 4.28. The molecule has 1 heterocycles. The topological polar surface area (TPSA) is 12.9 Å². The fourth-order valence-corrected chi connectivity index (χ4v) is 2.26. The molecule has 0 radical (unpaired) electrons. The molecule has 0 unspecified atom stereocenters. The third-order valence-corrected chi connectivity index (χ3v) is 3.48. The van der Waals surface area contributed by atoms with Crippen molar-refractivity contribution in [3.05, 3.63) is 54.0 Å². The van der Waals surface area contributed by atoms with Crippen LogP contribution in [-0.2, 0) is 0 Å². The molecule has 1 aliphatic rings. The third kappa shape index (κ3) is 2.07. The first-order valence-electron chi connectivity index (χ1n) is 6.05. The van der Waals surface area contributed by atoms with Gasteiger partial charge >= 0.3 is 0 Å². The van der Waals surface area contributed by atoms with Crippen LogP contribution in [0, 0.1) is 5.82 Å². The van der Waals surface area contributed by atoms with Crippen LogP contribution in [0.4, 0.5) is 4.39 Å². The summed E-state index contributed by atoms with van der Waals surface area (Å²) in [5.74, 6) is 0.465. The van der Waals surface area contributed by atoms with E-state index < -0.39 is 0 Å². The van der Waals surface area contributed by atoms with Gasteiger partial charge in [0.05, 0.1) is 5.69 Å². The molecule has 0 atom stereocenters. The summed E-state index contributed by atoms with van der Waals surface area (Å²) < 4.78 is 13.1. The van der Waals surface area contributed by atoms with Crippen molar-refractivity contribution in [2.24, 2.45) is 0 Å². The molecule has 1 fully saturated rings. The number of nitrogens with zero attached hydrogens (tertiary/aromatic N) is 1. The highest BCUT2D eigenvalue weighted by Gasteiger charge is 2.19. The molecule has 1 aromatic carbocycles. The maximum Gasteiger partial charge on any atom is 0.126 e. The third-order valence-electron chi connectivity index (χ3n) is 3.48. The van der Waals surface area contributed by atoms with Crippen LogP contribution in [-0.4, -0.2) is 4.98 Å². The highest BCUT2D eigenvalue weighted by molar-refractivity contribution is 5.60. The number of hydrogen-bond donors (Lipinski definition) is 0. The highest BCUT2D eigenvalue weighted by atomic mass is 19.1. The summed E-state index contributed by atoms with van der Waals surface area (Å²) in [6.07, 6.45) is 5.40. The first-order valence-corrected chi connectivity index (χ1v) is 6.05. The molecule has 0 amide bonds. The molecule has 0 aliphatic heterocycles. The lowest BCUT2D eigenvalue weighted by Crippen LogP contribution is -2.08. The van der Waals surface area contributed by atoms with Gasteiger partial charge in [-0.2, -0.15) is 0 Å². The molecular weight excluding hydrogens is 213 g/mol. The predicted octanol–water partition coefficient (Wildman–Crippen LogP) is 4.16. The summed E-state index contributed by atoms with van der Waals surface area (Å²) in [7, 11) is 0. The standard InChI is InChI=1S/C15H14FN/c16-14-7-8-17-15(10-14)13-6-2-5-12(9-13)11-3-1-4-11/h2,5-11H,1,3-4H2. The van der Waals surface area contributed by atoms with Crippen molar-refractivity contribution in [2.75, 3.05) is 0 Å². The lowest BCUT2D eigenvalue weighted by Gasteiger charge is -2.26. The van der Waals surface area contributed by atoms with E-state index in [1.54, 1.807) is 0 Å². The average Bonchev–Trinajstić information content (AvgIpc) is 2.27. The SMILES string of the molecule is Fc1ccnc(-c2cccc(C3CCC3)c2)c1. The Balaban J connectivity index is 1.97. The molecule has 1 aromatic heterocycles. The zero-order valence-corrected chi connectivity index (χ0v) is 9.57. The van der Waals surface area contributed by atoms with Gasteiger partial charge in [-0.05, 0) is 36.5 Å². The highest BCUT2D eigenvalue weighted by Crippen LogP contribution is 2.37. The molecule has 1 nitrogen and oxygen atoms in total. The van der Waals surface area contributed by atoms with Crippen LogP contribution in [0.2, 0.25) is 0 Å². The Morgan fingerprint density at radius 1 is 1.12 bits per heavy atom. The summed E-state index contributed by atoms with van der Waals surface area (Å²) >= 11 is 0. The van der Waals surface area contributed by atoms with Crippen LogP contribution in [0.5, 0.6) is 0 Å². The van der Waals surface area contributed by atoms with E-state index in [9.17, 15) is 4.39 Å². The van der Waals surface area contributed by atoms with E-state index in [4.69, 9.17) is 0 Å². The van der Waals surface area contributed by atoms with Crippen LogP contribution in [0.1, 0.15) is 30.7 Å². The largest absolute Gasteiger partial charge is 0.256 e. The average molecular weight is 227 g/mol. The summed E-state index contributed by atoms with van der Waals surface area (Å²) in [5, 5.41) is 0. The molecule has 0 bridgehead atoms. The van der Waals surface area contributed by atoms with E-state index in [1.165, 1.54) is 43.2 Å². The van der Waals surface area contributed by atoms with Crippen molar-refractivity contribution in [3.63, 3.8) is 0 Å².